The summed E-state index contributed by atoms with van der Waals surface area (Å²) in [7, 11) is 1.58. The monoisotopic (exact) mass is 363 g/mol. The molecule has 0 fully saturated rings. The van der Waals surface area contributed by atoms with Gasteiger partial charge in [0, 0.05) is 23.8 Å². The number of anilines is 1. The van der Waals surface area contributed by atoms with Crippen LogP contribution in [0.25, 0.3) is 0 Å². The highest BCUT2D eigenvalue weighted by molar-refractivity contribution is 9.10. The minimum Gasteiger partial charge on any atom is -0.497 e. The van der Waals surface area contributed by atoms with Crippen LogP contribution in [0.4, 0.5) is 5.82 Å². The van der Waals surface area contributed by atoms with E-state index in [0.29, 0.717) is 17.9 Å². The lowest BCUT2D eigenvalue weighted by Crippen LogP contribution is -2.26. The van der Waals surface area contributed by atoms with Gasteiger partial charge in [-0.2, -0.15) is 0 Å². The van der Waals surface area contributed by atoms with Gasteiger partial charge in [-0.25, -0.2) is 4.98 Å². The number of nitrogens with one attached hydrogen (secondary N) is 2. The predicted octanol–water partition coefficient (Wildman–Crippen LogP) is 3.08. The molecule has 0 saturated heterocycles. The third-order valence-corrected chi connectivity index (χ3v) is 3.72. The summed E-state index contributed by atoms with van der Waals surface area (Å²) in [6.07, 6.45) is 2.55. The van der Waals surface area contributed by atoms with Crippen LogP contribution in [0.5, 0.6) is 5.75 Å². The molecule has 6 heteroatoms. The van der Waals surface area contributed by atoms with E-state index in [9.17, 15) is 4.79 Å². The summed E-state index contributed by atoms with van der Waals surface area (Å²) >= 11 is 3.38. The maximum atomic E-state index is 12.1. The zero-order chi connectivity index (χ0) is 15.8. The zero-order valence-electron chi connectivity index (χ0n) is 12.3. The summed E-state index contributed by atoms with van der Waals surface area (Å²) < 4.78 is 5.88. The van der Waals surface area contributed by atoms with E-state index in [1.165, 1.54) is 0 Å². The van der Waals surface area contributed by atoms with Crippen molar-refractivity contribution in [2.45, 2.75) is 6.42 Å². The fraction of sp³-hybridized carbons (Fsp3) is 0.250. The van der Waals surface area contributed by atoms with Gasteiger partial charge in [-0.15, -0.1) is 0 Å². The van der Waals surface area contributed by atoms with Crippen LogP contribution < -0.4 is 15.4 Å². The van der Waals surface area contributed by atoms with Gasteiger partial charge in [0.1, 0.15) is 11.6 Å². The first kappa shape index (κ1) is 16.3. The SMILES string of the molecule is COc1ccc(Br)c(C(=O)NCCCNc2ccccn2)c1. The van der Waals surface area contributed by atoms with Crippen molar-refractivity contribution < 1.29 is 9.53 Å². The van der Waals surface area contributed by atoms with Crippen molar-refractivity contribution >= 4 is 27.7 Å². The molecule has 0 bridgehead atoms. The second-order valence-corrected chi connectivity index (χ2v) is 5.45. The van der Waals surface area contributed by atoms with Gasteiger partial charge in [0.25, 0.3) is 5.91 Å². The summed E-state index contributed by atoms with van der Waals surface area (Å²) in [5.74, 6) is 1.37. The largest absolute Gasteiger partial charge is 0.497 e. The summed E-state index contributed by atoms with van der Waals surface area (Å²) in [6.45, 7) is 1.33. The maximum absolute atomic E-state index is 12.1. The first-order chi connectivity index (χ1) is 10.7. The molecule has 22 heavy (non-hydrogen) atoms. The summed E-state index contributed by atoms with van der Waals surface area (Å²) in [6, 6.07) is 11.0. The number of methoxy groups -OCH3 is 1. The van der Waals surface area contributed by atoms with E-state index < -0.39 is 0 Å². The fourth-order valence-corrected chi connectivity index (χ4v) is 2.30. The molecule has 2 aromatic rings. The minimum absolute atomic E-state index is 0.122. The average molecular weight is 364 g/mol. The van der Waals surface area contributed by atoms with Gasteiger partial charge >= 0.3 is 0 Å². The standard InChI is InChI=1S/C16H18BrN3O2/c1-22-12-6-7-14(17)13(11-12)16(21)20-10-4-9-19-15-5-2-3-8-18-15/h2-3,5-8,11H,4,9-10H2,1H3,(H,18,19)(H,20,21). The number of ether oxygens (including phenoxy) is 1. The van der Waals surface area contributed by atoms with Crippen molar-refractivity contribution in [2.75, 3.05) is 25.5 Å². The van der Waals surface area contributed by atoms with Crippen molar-refractivity contribution in [2.24, 2.45) is 0 Å². The highest BCUT2D eigenvalue weighted by atomic mass is 79.9. The number of pyridine rings is 1. The molecule has 0 unspecified atom stereocenters. The second-order valence-electron chi connectivity index (χ2n) is 4.60. The Labute approximate surface area is 138 Å². The smallest absolute Gasteiger partial charge is 0.252 e. The van der Waals surface area contributed by atoms with E-state index in [1.807, 2.05) is 18.2 Å². The van der Waals surface area contributed by atoms with Crippen molar-refractivity contribution in [1.82, 2.24) is 10.3 Å². The third-order valence-electron chi connectivity index (χ3n) is 3.03. The summed E-state index contributed by atoms with van der Waals surface area (Å²) in [5, 5.41) is 6.09. The molecule has 0 aliphatic rings. The number of halogens is 1. The molecule has 116 valence electrons. The van der Waals surface area contributed by atoms with Crippen LogP contribution in [0.2, 0.25) is 0 Å². The van der Waals surface area contributed by atoms with Crippen molar-refractivity contribution in [3.8, 4) is 5.75 Å². The Bertz CT molecular complexity index is 620. The Kier molecular flexibility index (Phi) is 6.21. The van der Waals surface area contributed by atoms with Crippen LogP contribution in [-0.4, -0.2) is 31.1 Å². The summed E-state index contributed by atoms with van der Waals surface area (Å²) in [4.78, 5) is 16.3. The normalized spacial score (nSPS) is 10.1. The lowest BCUT2D eigenvalue weighted by atomic mass is 10.2. The van der Waals surface area contributed by atoms with E-state index >= 15 is 0 Å². The van der Waals surface area contributed by atoms with Gasteiger partial charge in [0.2, 0.25) is 0 Å². The highest BCUT2D eigenvalue weighted by Crippen LogP contribution is 2.22. The molecule has 5 nitrogen and oxygen atoms in total. The van der Waals surface area contributed by atoms with Gasteiger partial charge in [-0.1, -0.05) is 6.07 Å². The van der Waals surface area contributed by atoms with Gasteiger partial charge in [-0.05, 0) is 52.7 Å². The number of hydrogen-bond donors (Lipinski definition) is 2. The molecule has 1 heterocycles. The predicted molar refractivity (Wildman–Crippen MR) is 90.4 cm³/mol. The van der Waals surface area contributed by atoms with E-state index in [-0.39, 0.29) is 5.91 Å². The van der Waals surface area contributed by atoms with Gasteiger partial charge in [0.15, 0.2) is 0 Å². The molecule has 0 saturated carbocycles. The molecule has 0 aliphatic heterocycles. The maximum Gasteiger partial charge on any atom is 0.252 e. The van der Waals surface area contributed by atoms with Crippen LogP contribution in [0.3, 0.4) is 0 Å². The van der Waals surface area contributed by atoms with Crippen molar-refractivity contribution in [3.63, 3.8) is 0 Å². The first-order valence-electron chi connectivity index (χ1n) is 6.97. The summed E-state index contributed by atoms with van der Waals surface area (Å²) in [5.41, 5.74) is 0.567. The molecule has 2 N–H and O–H groups in total. The van der Waals surface area contributed by atoms with Crippen molar-refractivity contribution in [1.29, 1.82) is 0 Å². The Morgan fingerprint density at radius 3 is 2.86 bits per heavy atom. The molecule has 2 rings (SSSR count). The zero-order valence-corrected chi connectivity index (χ0v) is 13.9. The first-order valence-corrected chi connectivity index (χ1v) is 7.76. The molecule has 1 aromatic carbocycles. The number of nitrogens with zero attached hydrogens (tertiary/aromatic N) is 1. The number of carbonyl (C=O) groups is 1. The number of aromatic nitrogens is 1. The molecular formula is C16H18BrN3O2. The topological polar surface area (TPSA) is 63.2 Å². The molecule has 0 radical (unpaired) electrons. The van der Waals surface area contributed by atoms with Crippen molar-refractivity contribution in [3.05, 3.63) is 52.6 Å². The van der Waals surface area contributed by atoms with Gasteiger partial charge in [-0.3, -0.25) is 4.79 Å². The average Bonchev–Trinajstić information content (AvgIpc) is 2.55. The number of benzene rings is 1. The molecule has 0 atom stereocenters. The second kappa shape index (κ2) is 8.38. The van der Waals surface area contributed by atoms with Crippen LogP contribution in [0, 0.1) is 0 Å². The van der Waals surface area contributed by atoms with Crippen LogP contribution in [0.15, 0.2) is 47.1 Å². The number of rotatable bonds is 7. The van der Waals surface area contributed by atoms with E-state index in [1.54, 1.807) is 31.5 Å². The van der Waals surface area contributed by atoms with E-state index in [2.05, 4.69) is 31.5 Å². The minimum atomic E-state index is -0.122. The van der Waals surface area contributed by atoms with Gasteiger partial charge < -0.3 is 15.4 Å². The molecule has 0 spiro atoms. The fourth-order valence-electron chi connectivity index (χ4n) is 1.87. The Morgan fingerprint density at radius 2 is 2.14 bits per heavy atom. The molecule has 0 aliphatic carbocycles. The number of hydrogen-bond acceptors (Lipinski definition) is 4. The molecule has 1 amide bonds. The Hall–Kier alpha value is -2.08. The number of amides is 1. The van der Waals surface area contributed by atoms with Crippen LogP contribution in [-0.2, 0) is 0 Å². The van der Waals surface area contributed by atoms with Crippen LogP contribution in [0.1, 0.15) is 16.8 Å². The lowest BCUT2D eigenvalue weighted by Gasteiger charge is -2.09. The molecule has 1 aromatic heterocycles. The third kappa shape index (κ3) is 4.73. The highest BCUT2D eigenvalue weighted by Gasteiger charge is 2.10. The van der Waals surface area contributed by atoms with E-state index in [4.69, 9.17) is 4.74 Å². The Morgan fingerprint density at radius 1 is 1.27 bits per heavy atom. The quantitative estimate of drug-likeness (QED) is 0.742. The van der Waals surface area contributed by atoms with E-state index in [0.717, 1.165) is 23.3 Å². The lowest BCUT2D eigenvalue weighted by molar-refractivity contribution is 0.0952. The molecular weight excluding hydrogens is 346 g/mol. The van der Waals surface area contributed by atoms with Gasteiger partial charge in [0.05, 0.1) is 12.7 Å². The van der Waals surface area contributed by atoms with Crippen LogP contribution >= 0.6 is 15.9 Å². The number of carbonyl (C=O) groups excluding carboxylic acids is 1. The Balaban J connectivity index is 1.76.